The maximum atomic E-state index is 13.1. The van der Waals surface area contributed by atoms with Gasteiger partial charge in [0, 0.05) is 6.08 Å². The number of morpholine rings is 1. The third-order valence-electron chi connectivity index (χ3n) is 5.14. The van der Waals surface area contributed by atoms with Gasteiger partial charge >= 0.3 is 0 Å². The van der Waals surface area contributed by atoms with Gasteiger partial charge in [-0.3, -0.25) is 9.69 Å². The minimum atomic E-state index is -0.0303. The van der Waals surface area contributed by atoms with Gasteiger partial charge in [0.05, 0.1) is 36.5 Å². The number of hydrogen-bond donors (Lipinski definition) is 1. The zero-order valence-corrected chi connectivity index (χ0v) is 17.5. The maximum absolute atomic E-state index is 13.1. The summed E-state index contributed by atoms with van der Waals surface area (Å²) in [6.45, 7) is 7.17. The van der Waals surface area contributed by atoms with Crippen molar-refractivity contribution < 1.29 is 14.4 Å². The molecule has 0 unspecified atom stereocenters. The van der Waals surface area contributed by atoms with Crippen LogP contribution >= 0.6 is 11.3 Å². The van der Waals surface area contributed by atoms with E-state index in [-0.39, 0.29) is 5.91 Å². The number of rotatable bonds is 6. The first-order chi connectivity index (χ1) is 14.2. The Bertz CT molecular complexity index is 994. The molecule has 3 aromatic rings. The Morgan fingerprint density at radius 2 is 2.00 bits per heavy atom. The van der Waals surface area contributed by atoms with Crippen molar-refractivity contribution in [3.05, 3.63) is 65.7 Å². The average Bonchev–Trinajstić information content (AvgIpc) is 3.16. The van der Waals surface area contributed by atoms with Crippen molar-refractivity contribution >= 4 is 38.7 Å². The number of nitrogens with one attached hydrogen (secondary N) is 1. The normalized spacial score (nSPS) is 15.2. The van der Waals surface area contributed by atoms with E-state index in [0.29, 0.717) is 6.54 Å². The van der Waals surface area contributed by atoms with Gasteiger partial charge in [-0.25, -0.2) is 4.98 Å². The predicted octanol–water partition coefficient (Wildman–Crippen LogP) is 2.57. The van der Waals surface area contributed by atoms with Crippen molar-refractivity contribution in [3.8, 4) is 0 Å². The molecule has 1 N–H and O–H groups in total. The number of carbonyl (C=O) groups excluding carboxylic acids is 1. The van der Waals surface area contributed by atoms with Crippen LogP contribution in [-0.4, -0.2) is 50.3 Å². The summed E-state index contributed by atoms with van der Waals surface area (Å²) in [6.07, 6.45) is 3.52. The first-order valence-corrected chi connectivity index (χ1v) is 10.8. The lowest BCUT2D eigenvalue weighted by molar-refractivity contribution is -0.906. The second-order valence-electron chi connectivity index (χ2n) is 7.31. The van der Waals surface area contributed by atoms with Gasteiger partial charge in [0.2, 0.25) is 0 Å². The van der Waals surface area contributed by atoms with Gasteiger partial charge in [-0.15, -0.1) is 0 Å². The maximum Gasteiger partial charge on any atom is 0.252 e. The molecule has 1 aliphatic rings. The molecule has 1 fully saturated rings. The first kappa shape index (κ1) is 19.8. The van der Waals surface area contributed by atoms with Crippen LogP contribution in [0.15, 0.2) is 54.6 Å². The van der Waals surface area contributed by atoms with Crippen molar-refractivity contribution in [1.29, 1.82) is 0 Å². The summed E-state index contributed by atoms with van der Waals surface area (Å²) in [5.41, 5.74) is 3.16. The fourth-order valence-electron chi connectivity index (χ4n) is 3.44. The lowest BCUT2D eigenvalue weighted by Crippen LogP contribution is -3.14. The van der Waals surface area contributed by atoms with Crippen molar-refractivity contribution in [2.45, 2.75) is 6.92 Å². The zero-order valence-electron chi connectivity index (χ0n) is 16.6. The molecule has 0 aliphatic carbocycles. The molecule has 1 aromatic heterocycles. The second-order valence-corrected chi connectivity index (χ2v) is 8.32. The molecule has 6 heteroatoms. The van der Waals surface area contributed by atoms with E-state index in [9.17, 15) is 4.79 Å². The topological polar surface area (TPSA) is 46.9 Å². The SMILES string of the molecule is Cc1ccc2nc(N(CC[NH+]3CCOCC3)C(=O)/C=C/c3ccccc3)sc2c1. The van der Waals surface area contributed by atoms with Crippen LogP contribution in [0.5, 0.6) is 0 Å². The summed E-state index contributed by atoms with van der Waals surface area (Å²) in [4.78, 5) is 21.1. The van der Waals surface area contributed by atoms with Crippen LogP contribution in [-0.2, 0) is 9.53 Å². The van der Waals surface area contributed by atoms with Gasteiger partial charge < -0.3 is 9.64 Å². The van der Waals surface area contributed by atoms with E-state index in [0.717, 1.165) is 53.8 Å². The van der Waals surface area contributed by atoms with E-state index in [1.54, 1.807) is 17.4 Å². The van der Waals surface area contributed by atoms with E-state index in [1.807, 2.05) is 47.4 Å². The predicted molar refractivity (Wildman–Crippen MR) is 119 cm³/mol. The quantitative estimate of drug-likeness (QED) is 0.638. The van der Waals surface area contributed by atoms with Gasteiger partial charge in [-0.2, -0.15) is 0 Å². The largest absolute Gasteiger partial charge is 0.370 e. The van der Waals surface area contributed by atoms with E-state index < -0.39 is 0 Å². The van der Waals surface area contributed by atoms with Crippen molar-refractivity contribution in [2.24, 2.45) is 0 Å². The van der Waals surface area contributed by atoms with Crippen LogP contribution in [0.2, 0.25) is 0 Å². The van der Waals surface area contributed by atoms with Crippen LogP contribution in [0.25, 0.3) is 16.3 Å². The van der Waals surface area contributed by atoms with Crippen molar-refractivity contribution in [3.63, 3.8) is 0 Å². The number of hydrogen-bond acceptors (Lipinski definition) is 4. The second kappa shape index (κ2) is 9.31. The van der Waals surface area contributed by atoms with Gasteiger partial charge in [-0.05, 0) is 36.3 Å². The van der Waals surface area contributed by atoms with Crippen LogP contribution in [0, 0.1) is 6.92 Å². The van der Waals surface area contributed by atoms with Crippen LogP contribution in [0.4, 0.5) is 5.13 Å². The van der Waals surface area contributed by atoms with E-state index >= 15 is 0 Å². The highest BCUT2D eigenvalue weighted by Gasteiger charge is 2.21. The molecular formula is C23H26N3O2S+. The highest BCUT2D eigenvalue weighted by Crippen LogP contribution is 2.29. The number of benzene rings is 2. The number of anilines is 1. The third kappa shape index (κ3) is 5.09. The Balaban J connectivity index is 1.56. The highest BCUT2D eigenvalue weighted by atomic mass is 32.1. The smallest absolute Gasteiger partial charge is 0.252 e. The Morgan fingerprint density at radius 3 is 2.79 bits per heavy atom. The lowest BCUT2D eigenvalue weighted by atomic mass is 10.2. The van der Waals surface area contributed by atoms with Crippen molar-refractivity contribution in [2.75, 3.05) is 44.3 Å². The highest BCUT2D eigenvalue weighted by molar-refractivity contribution is 7.22. The molecule has 0 bridgehead atoms. The fraction of sp³-hybridized carbons (Fsp3) is 0.304. The standard InChI is InChI=1S/C23H25N3O2S/c1-18-7-9-20-21(17-18)29-23(24-20)26(12-11-25-13-15-28-16-14-25)22(27)10-8-19-5-3-2-4-6-19/h2-10,17H,11-16H2,1H3/p+1/b10-8+. The van der Waals surface area contributed by atoms with Gasteiger partial charge in [0.15, 0.2) is 5.13 Å². The molecule has 1 saturated heterocycles. The molecule has 150 valence electrons. The molecule has 2 aromatic carbocycles. The van der Waals surface area contributed by atoms with Crippen molar-refractivity contribution in [1.82, 2.24) is 4.98 Å². The molecule has 2 heterocycles. The molecule has 0 radical (unpaired) electrons. The number of ether oxygens (including phenoxy) is 1. The summed E-state index contributed by atoms with van der Waals surface area (Å²) in [5, 5.41) is 0.765. The number of thiazole rings is 1. The van der Waals surface area contributed by atoms with E-state index in [1.165, 1.54) is 10.5 Å². The summed E-state index contributed by atoms with van der Waals surface area (Å²) in [7, 11) is 0. The molecule has 1 aliphatic heterocycles. The lowest BCUT2D eigenvalue weighted by Gasteiger charge is -2.26. The molecule has 1 amide bonds. The van der Waals surface area contributed by atoms with Gasteiger partial charge in [-0.1, -0.05) is 47.7 Å². The monoisotopic (exact) mass is 408 g/mol. The average molecular weight is 409 g/mol. The number of aromatic nitrogens is 1. The summed E-state index contributed by atoms with van der Waals surface area (Å²) >= 11 is 1.58. The van der Waals surface area contributed by atoms with Crippen LogP contribution in [0.1, 0.15) is 11.1 Å². The zero-order chi connectivity index (χ0) is 20.1. The number of carbonyl (C=O) groups is 1. The number of fused-ring (bicyclic) bond motifs is 1. The first-order valence-electron chi connectivity index (χ1n) is 10.0. The Kier molecular flexibility index (Phi) is 6.34. The number of aryl methyl sites for hydroxylation is 1. The number of quaternary nitrogens is 1. The molecule has 0 spiro atoms. The van der Waals surface area contributed by atoms with Gasteiger partial charge in [0.25, 0.3) is 5.91 Å². The molecular weight excluding hydrogens is 382 g/mol. The van der Waals surface area contributed by atoms with Gasteiger partial charge in [0.1, 0.15) is 13.1 Å². The Hall–Kier alpha value is -2.54. The minimum Gasteiger partial charge on any atom is -0.370 e. The molecule has 0 atom stereocenters. The molecule has 29 heavy (non-hydrogen) atoms. The fourth-order valence-corrected chi connectivity index (χ4v) is 4.53. The van der Waals surface area contributed by atoms with E-state index in [2.05, 4.69) is 19.1 Å². The summed E-state index contributed by atoms with van der Waals surface area (Å²) in [5.74, 6) is -0.0303. The Morgan fingerprint density at radius 1 is 1.21 bits per heavy atom. The summed E-state index contributed by atoms with van der Waals surface area (Å²) < 4.78 is 6.57. The molecule has 5 nitrogen and oxygen atoms in total. The molecule has 0 saturated carbocycles. The molecule has 4 rings (SSSR count). The number of nitrogens with zero attached hydrogens (tertiary/aromatic N) is 2. The minimum absolute atomic E-state index is 0.0303. The Labute approximate surface area is 175 Å². The third-order valence-corrected chi connectivity index (χ3v) is 6.18. The van der Waals surface area contributed by atoms with Crippen LogP contribution < -0.4 is 9.80 Å². The van der Waals surface area contributed by atoms with Crippen LogP contribution in [0.3, 0.4) is 0 Å². The number of amides is 1. The summed E-state index contributed by atoms with van der Waals surface area (Å²) in [6, 6.07) is 16.1. The van der Waals surface area contributed by atoms with E-state index in [4.69, 9.17) is 9.72 Å².